The summed E-state index contributed by atoms with van der Waals surface area (Å²) in [6.45, 7) is 7.41. The average molecular weight is 274 g/mol. The van der Waals surface area contributed by atoms with Gasteiger partial charge in [-0.15, -0.1) is 0 Å². The maximum Gasteiger partial charge on any atom is 0.0471 e. The molecule has 1 fully saturated rings. The molecule has 20 heavy (non-hydrogen) atoms. The molecule has 2 aliphatic heterocycles. The fourth-order valence-corrected chi connectivity index (χ4v) is 3.28. The highest BCUT2D eigenvalue weighted by molar-refractivity contribution is 5.31. The maximum absolute atomic E-state index is 5.50. The van der Waals surface area contributed by atoms with Gasteiger partial charge in [0.25, 0.3) is 0 Å². The number of hydrogen-bond acceptors (Lipinski definition) is 3. The minimum Gasteiger partial charge on any atom is -0.381 e. The van der Waals surface area contributed by atoms with Gasteiger partial charge in [-0.25, -0.2) is 0 Å². The van der Waals surface area contributed by atoms with Crippen LogP contribution >= 0.6 is 0 Å². The molecule has 2 aliphatic rings. The Balaban J connectivity index is 1.67. The second kappa shape index (κ2) is 6.25. The molecule has 0 spiro atoms. The topological polar surface area (TPSA) is 33.3 Å². The van der Waals surface area contributed by atoms with Crippen LogP contribution in [-0.4, -0.2) is 26.3 Å². The van der Waals surface area contributed by atoms with E-state index in [2.05, 4.69) is 41.8 Å². The van der Waals surface area contributed by atoms with E-state index in [1.54, 1.807) is 0 Å². The average Bonchev–Trinajstić information content (AvgIpc) is 2.68. The molecule has 3 heteroatoms. The zero-order valence-corrected chi connectivity index (χ0v) is 12.5. The van der Waals surface area contributed by atoms with Crippen LogP contribution in [0, 0.1) is 5.41 Å². The van der Waals surface area contributed by atoms with E-state index in [-0.39, 0.29) is 0 Å². The van der Waals surface area contributed by atoms with Crippen LogP contribution in [-0.2, 0) is 11.3 Å². The van der Waals surface area contributed by atoms with Gasteiger partial charge in [-0.05, 0) is 42.3 Å². The molecule has 0 aromatic heterocycles. The Hall–Kier alpha value is -0.900. The Morgan fingerprint density at radius 3 is 2.95 bits per heavy atom. The van der Waals surface area contributed by atoms with Gasteiger partial charge in [0.2, 0.25) is 0 Å². The van der Waals surface area contributed by atoms with E-state index >= 15 is 0 Å². The Bertz CT molecular complexity index is 440. The molecule has 1 atom stereocenters. The van der Waals surface area contributed by atoms with Gasteiger partial charge in [0, 0.05) is 32.3 Å². The standard InChI is InChI=1S/C17H26N2O/c1-17(7-10-20-11-8-17)13-19-16-6-9-18-12-14-4-2-3-5-15(14)16/h2-5,16,18-19H,6-13H2,1H3. The van der Waals surface area contributed by atoms with Crippen LogP contribution in [0.1, 0.15) is 43.4 Å². The number of benzene rings is 1. The quantitative estimate of drug-likeness (QED) is 0.889. The third kappa shape index (κ3) is 3.22. The molecule has 3 nitrogen and oxygen atoms in total. The van der Waals surface area contributed by atoms with Crippen molar-refractivity contribution in [2.75, 3.05) is 26.3 Å². The van der Waals surface area contributed by atoms with Crippen molar-refractivity contribution in [1.82, 2.24) is 10.6 Å². The van der Waals surface area contributed by atoms with Crippen LogP contribution in [0.15, 0.2) is 24.3 Å². The van der Waals surface area contributed by atoms with Crippen molar-refractivity contribution in [3.8, 4) is 0 Å². The summed E-state index contributed by atoms with van der Waals surface area (Å²) in [5, 5.41) is 7.35. The molecular formula is C17H26N2O. The number of ether oxygens (including phenoxy) is 1. The highest BCUT2D eigenvalue weighted by Gasteiger charge is 2.28. The first-order valence-corrected chi connectivity index (χ1v) is 7.87. The SMILES string of the molecule is CC1(CNC2CCNCc3ccccc32)CCOCC1. The second-order valence-electron chi connectivity index (χ2n) is 6.52. The highest BCUT2D eigenvalue weighted by atomic mass is 16.5. The van der Waals surface area contributed by atoms with Gasteiger partial charge in [0.05, 0.1) is 0 Å². The van der Waals surface area contributed by atoms with Gasteiger partial charge in [-0.2, -0.15) is 0 Å². The van der Waals surface area contributed by atoms with E-state index in [4.69, 9.17) is 4.74 Å². The molecule has 1 aromatic carbocycles. The molecule has 0 saturated carbocycles. The van der Waals surface area contributed by atoms with E-state index < -0.39 is 0 Å². The van der Waals surface area contributed by atoms with Crippen LogP contribution in [0.4, 0.5) is 0 Å². The maximum atomic E-state index is 5.50. The van der Waals surface area contributed by atoms with Gasteiger partial charge < -0.3 is 15.4 Å². The Kier molecular flexibility index (Phi) is 4.39. The molecule has 0 bridgehead atoms. The van der Waals surface area contributed by atoms with Crippen molar-refractivity contribution in [2.24, 2.45) is 5.41 Å². The van der Waals surface area contributed by atoms with Crippen LogP contribution in [0.2, 0.25) is 0 Å². The molecule has 0 radical (unpaired) electrons. The molecule has 0 aliphatic carbocycles. The number of nitrogens with one attached hydrogen (secondary N) is 2. The van der Waals surface area contributed by atoms with Crippen molar-refractivity contribution in [3.05, 3.63) is 35.4 Å². The van der Waals surface area contributed by atoms with E-state index in [0.717, 1.165) is 32.8 Å². The summed E-state index contributed by atoms with van der Waals surface area (Å²) in [4.78, 5) is 0. The molecular weight excluding hydrogens is 248 g/mol. The van der Waals surface area contributed by atoms with Crippen molar-refractivity contribution < 1.29 is 4.74 Å². The Morgan fingerprint density at radius 1 is 1.30 bits per heavy atom. The smallest absolute Gasteiger partial charge is 0.0471 e. The molecule has 110 valence electrons. The predicted octanol–water partition coefficient (Wildman–Crippen LogP) is 2.63. The fraction of sp³-hybridized carbons (Fsp3) is 0.647. The fourth-order valence-electron chi connectivity index (χ4n) is 3.28. The third-order valence-corrected chi connectivity index (χ3v) is 4.83. The first-order chi connectivity index (χ1) is 9.77. The molecule has 1 unspecified atom stereocenters. The first-order valence-electron chi connectivity index (χ1n) is 7.87. The molecule has 2 heterocycles. The van der Waals surface area contributed by atoms with Gasteiger partial charge in [0.1, 0.15) is 0 Å². The van der Waals surface area contributed by atoms with Gasteiger partial charge >= 0.3 is 0 Å². The summed E-state index contributed by atoms with van der Waals surface area (Å²) >= 11 is 0. The normalized spacial score (nSPS) is 25.8. The van der Waals surface area contributed by atoms with E-state index in [9.17, 15) is 0 Å². The summed E-state index contributed by atoms with van der Waals surface area (Å²) < 4.78 is 5.50. The van der Waals surface area contributed by atoms with Crippen molar-refractivity contribution in [1.29, 1.82) is 0 Å². The third-order valence-electron chi connectivity index (χ3n) is 4.83. The monoisotopic (exact) mass is 274 g/mol. The Morgan fingerprint density at radius 2 is 2.10 bits per heavy atom. The van der Waals surface area contributed by atoms with Crippen LogP contribution in [0.5, 0.6) is 0 Å². The van der Waals surface area contributed by atoms with Gasteiger partial charge in [0.15, 0.2) is 0 Å². The largest absolute Gasteiger partial charge is 0.381 e. The van der Waals surface area contributed by atoms with Gasteiger partial charge in [-0.3, -0.25) is 0 Å². The lowest BCUT2D eigenvalue weighted by Crippen LogP contribution is -2.38. The number of hydrogen-bond donors (Lipinski definition) is 2. The number of rotatable bonds is 3. The predicted molar refractivity (Wildman–Crippen MR) is 81.7 cm³/mol. The van der Waals surface area contributed by atoms with E-state index in [1.807, 2.05) is 0 Å². The van der Waals surface area contributed by atoms with Gasteiger partial charge in [-0.1, -0.05) is 31.2 Å². The van der Waals surface area contributed by atoms with Crippen molar-refractivity contribution >= 4 is 0 Å². The zero-order chi connectivity index (χ0) is 13.8. The van der Waals surface area contributed by atoms with E-state index in [1.165, 1.54) is 30.4 Å². The number of fused-ring (bicyclic) bond motifs is 1. The summed E-state index contributed by atoms with van der Waals surface area (Å²) in [5.74, 6) is 0. The van der Waals surface area contributed by atoms with Crippen molar-refractivity contribution in [3.63, 3.8) is 0 Å². The van der Waals surface area contributed by atoms with Crippen LogP contribution in [0.25, 0.3) is 0 Å². The summed E-state index contributed by atoms with van der Waals surface area (Å²) in [5.41, 5.74) is 3.32. The van der Waals surface area contributed by atoms with Crippen molar-refractivity contribution in [2.45, 2.75) is 38.8 Å². The lowest BCUT2D eigenvalue weighted by Gasteiger charge is -2.35. The second-order valence-corrected chi connectivity index (χ2v) is 6.52. The summed E-state index contributed by atoms with van der Waals surface area (Å²) in [7, 11) is 0. The molecule has 1 aromatic rings. The first kappa shape index (κ1) is 14.1. The Labute approximate surface area is 122 Å². The lowest BCUT2D eigenvalue weighted by atomic mass is 9.82. The van der Waals surface area contributed by atoms with E-state index in [0.29, 0.717) is 11.5 Å². The molecule has 2 N–H and O–H groups in total. The highest BCUT2D eigenvalue weighted by Crippen LogP contribution is 2.31. The minimum atomic E-state index is 0.396. The minimum absolute atomic E-state index is 0.396. The summed E-state index contributed by atoms with van der Waals surface area (Å²) in [6.07, 6.45) is 3.52. The molecule has 0 amide bonds. The molecule has 1 saturated heterocycles. The molecule has 3 rings (SSSR count). The zero-order valence-electron chi connectivity index (χ0n) is 12.5. The summed E-state index contributed by atoms with van der Waals surface area (Å²) in [6, 6.07) is 9.32. The lowest BCUT2D eigenvalue weighted by molar-refractivity contribution is 0.0227. The van der Waals surface area contributed by atoms with Crippen LogP contribution in [0.3, 0.4) is 0 Å². The van der Waals surface area contributed by atoms with Crippen LogP contribution < -0.4 is 10.6 Å².